The van der Waals surface area contributed by atoms with E-state index in [9.17, 15) is 24.8 Å². The number of nitrogens with one attached hydrogen (secondary N) is 1. The molecule has 2 unspecified atom stereocenters. The number of carbonyl (C=O) groups is 2. The number of hydrogen-bond acceptors (Lipinski definition) is 7. The van der Waals surface area contributed by atoms with Gasteiger partial charge in [0.15, 0.2) is 8.32 Å². The zero-order valence-corrected chi connectivity index (χ0v) is 18.0. The van der Waals surface area contributed by atoms with Crippen molar-refractivity contribution in [3.8, 4) is 0 Å². The van der Waals surface area contributed by atoms with Gasteiger partial charge >= 0.3 is 11.9 Å². The van der Waals surface area contributed by atoms with Crippen molar-refractivity contribution in [2.24, 2.45) is 0 Å². The molecule has 0 saturated heterocycles. The summed E-state index contributed by atoms with van der Waals surface area (Å²) in [5.41, 5.74) is -0.820. The van der Waals surface area contributed by atoms with Crippen molar-refractivity contribution in [1.82, 2.24) is 5.32 Å². The van der Waals surface area contributed by atoms with E-state index in [-0.39, 0.29) is 17.8 Å². The first-order valence-electron chi connectivity index (χ1n) is 8.80. The molecule has 1 aromatic rings. The minimum atomic E-state index is -2.31. The van der Waals surface area contributed by atoms with E-state index in [1.165, 1.54) is 18.2 Å². The first kappa shape index (κ1) is 23.7. The highest BCUT2D eigenvalue weighted by molar-refractivity contribution is 6.69. The zero-order chi connectivity index (χ0) is 21.7. The fraction of sp³-hybridized carbons (Fsp3) is 0.556. The van der Waals surface area contributed by atoms with E-state index in [1.54, 1.807) is 26.8 Å². The number of nitro benzene ring substituents is 1. The second-order valence-electron chi connectivity index (χ2n) is 8.25. The van der Waals surface area contributed by atoms with Crippen LogP contribution in [0, 0.1) is 10.1 Å². The lowest BCUT2D eigenvalue weighted by Gasteiger charge is -2.31. The van der Waals surface area contributed by atoms with Gasteiger partial charge in [0.25, 0.3) is 5.69 Å². The van der Waals surface area contributed by atoms with Crippen LogP contribution in [0.1, 0.15) is 32.4 Å². The molecule has 0 aliphatic heterocycles. The summed E-state index contributed by atoms with van der Waals surface area (Å²) in [6.45, 7) is 10.3. The number of carboxylic acids is 1. The number of carbonyl (C=O) groups excluding carboxylic acids is 1. The van der Waals surface area contributed by atoms with Crippen LogP contribution >= 0.6 is 0 Å². The summed E-state index contributed by atoms with van der Waals surface area (Å²) >= 11 is 0. The Morgan fingerprint density at radius 3 is 2.29 bits per heavy atom. The van der Waals surface area contributed by atoms with E-state index in [1.807, 2.05) is 19.6 Å². The van der Waals surface area contributed by atoms with Crippen LogP contribution in [0.5, 0.6) is 0 Å². The lowest BCUT2D eigenvalue weighted by atomic mass is 10.0. The van der Waals surface area contributed by atoms with Crippen molar-refractivity contribution in [2.75, 3.05) is 6.54 Å². The van der Waals surface area contributed by atoms with Crippen molar-refractivity contribution in [3.05, 3.63) is 39.9 Å². The number of nitro groups is 1. The van der Waals surface area contributed by atoms with Gasteiger partial charge in [0.1, 0.15) is 17.7 Å². The topological polar surface area (TPSA) is 128 Å². The van der Waals surface area contributed by atoms with Crippen LogP contribution in [-0.4, -0.2) is 48.5 Å². The Labute approximate surface area is 165 Å². The largest absolute Gasteiger partial charge is 0.480 e. The summed E-state index contributed by atoms with van der Waals surface area (Å²) in [5.74, 6) is -1.92. The summed E-state index contributed by atoms with van der Waals surface area (Å²) in [4.78, 5) is 34.8. The average Bonchev–Trinajstić information content (AvgIpc) is 2.50. The molecule has 0 heterocycles. The predicted molar refractivity (Wildman–Crippen MR) is 106 cm³/mol. The number of carboxylic acid groups (broad SMARTS) is 1. The fourth-order valence-corrected chi connectivity index (χ4v) is 3.51. The van der Waals surface area contributed by atoms with Gasteiger partial charge in [-0.15, -0.1) is 0 Å². The van der Waals surface area contributed by atoms with Gasteiger partial charge in [-0.05, 0) is 46.5 Å². The third-order valence-corrected chi connectivity index (χ3v) is 4.34. The van der Waals surface area contributed by atoms with E-state index in [0.717, 1.165) is 0 Å². The molecule has 1 rings (SSSR count). The number of esters is 1. The third kappa shape index (κ3) is 7.75. The SMILES string of the molecule is CC(C)(C)OC(=O)CNC(C(=O)O)C(O[Si](C)(C)C)c1ccccc1[N+](=O)[O-]. The Bertz CT molecular complexity index is 725. The van der Waals surface area contributed by atoms with Gasteiger partial charge in [0.05, 0.1) is 17.0 Å². The minimum absolute atomic E-state index is 0.138. The van der Waals surface area contributed by atoms with E-state index < -0.39 is 42.9 Å². The third-order valence-electron chi connectivity index (χ3n) is 3.38. The van der Waals surface area contributed by atoms with Crippen molar-refractivity contribution >= 4 is 25.9 Å². The first-order valence-corrected chi connectivity index (χ1v) is 12.2. The fourth-order valence-electron chi connectivity index (χ4n) is 2.48. The Balaban J connectivity index is 3.24. The van der Waals surface area contributed by atoms with Crippen molar-refractivity contribution in [2.45, 2.75) is 58.2 Å². The molecule has 0 aliphatic carbocycles. The molecule has 0 saturated carbocycles. The lowest BCUT2D eigenvalue weighted by molar-refractivity contribution is -0.386. The van der Waals surface area contributed by atoms with E-state index in [4.69, 9.17) is 9.16 Å². The van der Waals surface area contributed by atoms with E-state index in [2.05, 4.69) is 5.32 Å². The van der Waals surface area contributed by atoms with Crippen LogP contribution in [0.25, 0.3) is 0 Å². The predicted octanol–water partition coefficient (Wildman–Crippen LogP) is 2.87. The Morgan fingerprint density at radius 1 is 1.25 bits per heavy atom. The molecule has 0 aliphatic rings. The number of hydrogen-bond donors (Lipinski definition) is 2. The van der Waals surface area contributed by atoms with Crippen LogP contribution in [0.4, 0.5) is 5.69 Å². The van der Waals surface area contributed by atoms with Crippen LogP contribution in [0.2, 0.25) is 19.6 Å². The summed E-state index contributed by atoms with van der Waals surface area (Å²) in [6, 6.07) is 4.46. The Morgan fingerprint density at radius 2 is 1.82 bits per heavy atom. The molecular weight excluding hydrogens is 384 g/mol. The molecule has 0 fully saturated rings. The second-order valence-corrected chi connectivity index (χ2v) is 12.7. The molecular formula is C18H28N2O7Si. The van der Waals surface area contributed by atoms with Crippen LogP contribution in [0.3, 0.4) is 0 Å². The summed E-state index contributed by atoms with van der Waals surface area (Å²) < 4.78 is 11.2. The maximum atomic E-state index is 12.0. The van der Waals surface area contributed by atoms with Gasteiger partial charge in [-0.3, -0.25) is 25.0 Å². The molecule has 0 amide bonds. The smallest absolute Gasteiger partial charge is 0.323 e. The molecule has 2 atom stereocenters. The Hall–Kier alpha value is -2.30. The number of para-hydroxylation sites is 1. The van der Waals surface area contributed by atoms with Gasteiger partial charge in [-0.1, -0.05) is 12.1 Å². The number of rotatable bonds is 9. The molecule has 2 N–H and O–H groups in total. The molecule has 156 valence electrons. The molecule has 9 nitrogen and oxygen atoms in total. The van der Waals surface area contributed by atoms with Gasteiger partial charge in [0.2, 0.25) is 0 Å². The number of benzene rings is 1. The normalized spacial score (nSPS) is 14.2. The van der Waals surface area contributed by atoms with Crippen molar-refractivity contribution < 1.29 is 28.8 Å². The molecule has 1 aromatic carbocycles. The summed E-state index contributed by atoms with van der Waals surface area (Å²) in [6.07, 6.45) is -1.15. The monoisotopic (exact) mass is 412 g/mol. The molecule has 0 aromatic heterocycles. The molecule has 28 heavy (non-hydrogen) atoms. The maximum Gasteiger partial charge on any atom is 0.323 e. The summed E-state index contributed by atoms with van der Waals surface area (Å²) in [5, 5.41) is 23.8. The lowest BCUT2D eigenvalue weighted by Crippen LogP contribution is -2.48. The number of nitrogens with zero attached hydrogens (tertiary/aromatic N) is 1. The van der Waals surface area contributed by atoms with E-state index >= 15 is 0 Å². The Kier molecular flexibility index (Phi) is 7.85. The molecule has 0 radical (unpaired) electrons. The number of ether oxygens (including phenoxy) is 1. The maximum absolute atomic E-state index is 12.0. The van der Waals surface area contributed by atoms with Crippen molar-refractivity contribution in [3.63, 3.8) is 0 Å². The molecule has 0 bridgehead atoms. The number of aliphatic carboxylic acids is 1. The average molecular weight is 413 g/mol. The highest BCUT2D eigenvalue weighted by Crippen LogP contribution is 2.32. The van der Waals surface area contributed by atoms with Gasteiger partial charge in [-0.25, -0.2) is 0 Å². The highest BCUT2D eigenvalue weighted by Gasteiger charge is 2.37. The van der Waals surface area contributed by atoms with E-state index in [0.29, 0.717) is 0 Å². The van der Waals surface area contributed by atoms with Crippen LogP contribution in [-0.2, 0) is 18.8 Å². The second kappa shape index (κ2) is 9.26. The van der Waals surface area contributed by atoms with Gasteiger partial charge < -0.3 is 14.3 Å². The molecule has 0 spiro atoms. The standard InChI is InChI=1S/C18H28N2O7Si/c1-18(2,3)26-14(21)11-19-15(17(22)23)16(27-28(4,5)6)12-9-7-8-10-13(12)20(24)25/h7-10,15-16,19H,11H2,1-6H3,(H,22,23). The first-order chi connectivity index (χ1) is 12.7. The highest BCUT2D eigenvalue weighted by atomic mass is 28.4. The van der Waals surface area contributed by atoms with Crippen molar-refractivity contribution in [1.29, 1.82) is 0 Å². The molecule has 10 heteroatoms. The summed E-state index contributed by atoms with van der Waals surface area (Å²) in [7, 11) is -2.31. The van der Waals surface area contributed by atoms with Gasteiger partial charge in [0, 0.05) is 6.07 Å². The zero-order valence-electron chi connectivity index (χ0n) is 17.0. The van der Waals surface area contributed by atoms with Crippen LogP contribution in [0.15, 0.2) is 24.3 Å². The quantitative estimate of drug-likeness (QED) is 0.274. The van der Waals surface area contributed by atoms with Crippen LogP contribution < -0.4 is 5.32 Å². The van der Waals surface area contributed by atoms with Gasteiger partial charge in [-0.2, -0.15) is 0 Å². The minimum Gasteiger partial charge on any atom is -0.480 e.